The summed E-state index contributed by atoms with van der Waals surface area (Å²) in [5.41, 5.74) is 1.27. The number of H-pyrrole nitrogens is 1. The first-order chi connectivity index (χ1) is 17.7. The molecule has 0 radical (unpaired) electrons. The van der Waals surface area contributed by atoms with Crippen LogP contribution in [0.15, 0.2) is 54.7 Å². The Morgan fingerprint density at radius 2 is 1.89 bits per heavy atom. The summed E-state index contributed by atoms with van der Waals surface area (Å²) in [6.07, 6.45) is 1.73. The van der Waals surface area contributed by atoms with Gasteiger partial charge in [-0.3, -0.25) is 5.10 Å². The van der Waals surface area contributed by atoms with Crippen molar-refractivity contribution in [3.8, 4) is 16.8 Å². The molecule has 0 aliphatic heterocycles. The average molecular weight is 506 g/mol. The monoisotopic (exact) mass is 505 g/mol. The van der Waals surface area contributed by atoms with Gasteiger partial charge in [-0.05, 0) is 60.9 Å². The first kappa shape index (κ1) is 24.6. The van der Waals surface area contributed by atoms with Gasteiger partial charge in [-0.15, -0.1) is 0 Å². The third-order valence-corrected chi connectivity index (χ3v) is 6.84. The molecule has 37 heavy (non-hydrogen) atoms. The van der Waals surface area contributed by atoms with E-state index in [1.807, 2.05) is 0 Å². The maximum absolute atomic E-state index is 16.2. The number of nitrogens with zero attached hydrogens (tertiary/aromatic N) is 2. The minimum Gasteiger partial charge on any atom is -0.478 e. The van der Waals surface area contributed by atoms with Gasteiger partial charge < -0.3 is 19.5 Å². The summed E-state index contributed by atoms with van der Waals surface area (Å²) in [5.74, 6) is -2.06. The number of aromatic amines is 1. The van der Waals surface area contributed by atoms with Crippen molar-refractivity contribution in [2.75, 3.05) is 13.7 Å². The highest BCUT2D eigenvalue weighted by Crippen LogP contribution is 2.46. The molecule has 190 valence electrons. The van der Waals surface area contributed by atoms with E-state index in [4.69, 9.17) is 4.74 Å². The average Bonchev–Trinajstić information content (AvgIpc) is 3.49. The standard InChI is InChI=1S/C28H25F2N3O4/c1-4-28(36,14-37-3)26-22(16-5-7-17(8-6-16)27(34)35)23-21(12-18-13-31-32-25(18)24(23)30)33(26)19-9-10-20(29)15(2)11-19/h5-13,36H,4,14H2,1-3H3,(H,31,32)(H,34,35). The summed E-state index contributed by atoms with van der Waals surface area (Å²) >= 11 is 0. The minimum absolute atomic E-state index is 0.0715. The fourth-order valence-corrected chi connectivity index (χ4v) is 4.92. The molecule has 0 fully saturated rings. The number of halogens is 2. The van der Waals surface area contributed by atoms with Crippen LogP contribution in [0.5, 0.6) is 0 Å². The van der Waals surface area contributed by atoms with Crippen LogP contribution < -0.4 is 0 Å². The fraction of sp³-hybridized carbons (Fsp3) is 0.214. The molecule has 0 aliphatic carbocycles. The summed E-state index contributed by atoms with van der Waals surface area (Å²) in [5, 5.41) is 28.8. The highest BCUT2D eigenvalue weighted by molar-refractivity contribution is 6.06. The molecule has 9 heteroatoms. The Balaban J connectivity index is 2.01. The zero-order valence-corrected chi connectivity index (χ0v) is 20.5. The maximum atomic E-state index is 16.2. The Morgan fingerprint density at radius 1 is 1.16 bits per heavy atom. The van der Waals surface area contributed by atoms with E-state index in [1.165, 1.54) is 31.5 Å². The third-order valence-electron chi connectivity index (χ3n) is 6.84. The highest BCUT2D eigenvalue weighted by Gasteiger charge is 2.38. The second-order valence-corrected chi connectivity index (χ2v) is 9.11. The van der Waals surface area contributed by atoms with Crippen molar-refractivity contribution in [1.82, 2.24) is 14.8 Å². The second kappa shape index (κ2) is 9.10. The summed E-state index contributed by atoms with van der Waals surface area (Å²) in [6, 6.07) is 12.3. The number of aromatic carboxylic acids is 1. The number of carboxylic acids is 1. The molecule has 1 atom stereocenters. The molecule has 1 unspecified atom stereocenters. The fourth-order valence-electron chi connectivity index (χ4n) is 4.92. The summed E-state index contributed by atoms with van der Waals surface area (Å²) in [4.78, 5) is 11.5. The lowest BCUT2D eigenvalue weighted by Gasteiger charge is -2.30. The Morgan fingerprint density at radius 3 is 2.51 bits per heavy atom. The Labute approximate surface area is 210 Å². The van der Waals surface area contributed by atoms with Crippen molar-refractivity contribution in [3.63, 3.8) is 0 Å². The van der Waals surface area contributed by atoms with Crippen LogP contribution in [0.1, 0.15) is 35.0 Å². The van der Waals surface area contributed by atoms with Crippen LogP contribution in [0, 0.1) is 18.6 Å². The van der Waals surface area contributed by atoms with Gasteiger partial charge >= 0.3 is 5.97 Å². The second-order valence-electron chi connectivity index (χ2n) is 9.11. The first-order valence-electron chi connectivity index (χ1n) is 11.7. The number of methoxy groups -OCH3 is 1. The molecule has 0 saturated heterocycles. The topological polar surface area (TPSA) is 100 Å². The van der Waals surface area contributed by atoms with E-state index in [2.05, 4.69) is 10.2 Å². The summed E-state index contributed by atoms with van der Waals surface area (Å²) in [7, 11) is 1.46. The quantitative estimate of drug-likeness (QED) is 0.263. The summed E-state index contributed by atoms with van der Waals surface area (Å²) in [6.45, 7) is 3.33. The number of hydrogen-bond donors (Lipinski definition) is 3. The number of ether oxygens (including phenoxy) is 1. The van der Waals surface area contributed by atoms with Gasteiger partial charge in [-0.25, -0.2) is 13.6 Å². The highest BCUT2D eigenvalue weighted by atomic mass is 19.1. The van der Waals surface area contributed by atoms with Crippen LogP contribution in [-0.4, -0.2) is 44.7 Å². The Kier molecular flexibility index (Phi) is 6.05. The van der Waals surface area contributed by atoms with Gasteiger partial charge in [0.2, 0.25) is 0 Å². The van der Waals surface area contributed by atoms with Gasteiger partial charge in [-0.2, -0.15) is 5.10 Å². The minimum atomic E-state index is -1.57. The molecule has 0 saturated carbocycles. The van der Waals surface area contributed by atoms with Crippen LogP contribution in [0.25, 0.3) is 38.6 Å². The number of carbonyl (C=O) groups is 1. The van der Waals surface area contributed by atoms with Crippen LogP contribution in [-0.2, 0) is 10.3 Å². The van der Waals surface area contributed by atoms with Crippen LogP contribution in [0.3, 0.4) is 0 Å². The molecule has 0 spiro atoms. The molecule has 0 aliphatic rings. The van der Waals surface area contributed by atoms with Gasteiger partial charge in [0.25, 0.3) is 0 Å². The van der Waals surface area contributed by atoms with Gasteiger partial charge in [0.1, 0.15) is 16.9 Å². The molecular weight excluding hydrogens is 480 g/mol. The number of benzene rings is 3. The van der Waals surface area contributed by atoms with Crippen molar-refractivity contribution in [2.24, 2.45) is 0 Å². The number of aromatic nitrogens is 3. The van der Waals surface area contributed by atoms with Gasteiger partial charge in [0, 0.05) is 29.1 Å². The lowest BCUT2D eigenvalue weighted by atomic mass is 9.89. The predicted molar refractivity (Wildman–Crippen MR) is 136 cm³/mol. The third kappa shape index (κ3) is 3.87. The molecule has 2 aromatic heterocycles. The Hall–Kier alpha value is -4.08. The van der Waals surface area contributed by atoms with Crippen molar-refractivity contribution in [2.45, 2.75) is 25.9 Å². The van der Waals surface area contributed by atoms with Crippen molar-refractivity contribution in [3.05, 3.63) is 83.2 Å². The smallest absolute Gasteiger partial charge is 0.335 e. The van der Waals surface area contributed by atoms with Crippen molar-refractivity contribution in [1.29, 1.82) is 0 Å². The van der Waals surface area contributed by atoms with E-state index in [0.29, 0.717) is 39.0 Å². The lowest BCUT2D eigenvalue weighted by Crippen LogP contribution is -2.33. The first-order valence-corrected chi connectivity index (χ1v) is 11.7. The van der Waals surface area contributed by atoms with Crippen molar-refractivity contribution >= 4 is 27.8 Å². The predicted octanol–water partition coefficient (Wildman–Crippen LogP) is 5.70. The molecule has 2 heterocycles. The number of aliphatic hydroxyl groups is 1. The number of hydrogen-bond acceptors (Lipinski definition) is 4. The SMILES string of the molecule is CCC(O)(COC)c1c(-c2ccc(C(=O)O)cc2)c2c(F)c3[nH]ncc3cc2n1-c1ccc(F)c(C)c1. The number of nitrogens with one attached hydrogen (secondary N) is 1. The van der Waals surface area contributed by atoms with Crippen LogP contribution in [0.4, 0.5) is 8.78 Å². The van der Waals surface area contributed by atoms with E-state index < -0.39 is 23.2 Å². The molecule has 7 nitrogen and oxygen atoms in total. The normalized spacial score (nSPS) is 13.4. The molecular formula is C28H25F2N3O4. The Bertz CT molecular complexity index is 1660. The molecule has 3 N–H and O–H groups in total. The lowest BCUT2D eigenvalue weighted by molar-refractivity contribution is -0.0422. The molecule has 5 aromatic rings. The van der Waals surface area contributed by atoms with E-state index in [1.54, 1.807) is 48.7 Å². The van der Waals surface area contributed by atoms with Gasteiger partial charge in [0.05, 0.1) is 29.6 Å². The molecule has 0 amide bonds. The van der Waals surface area contributed by atoms with E-state index in [9.17, 15) is 19.4 Å². The van der Waals surface area contributed by atoms with E-state index in [0.717, 1.165) is 0 Å². The zero-order valence-electron chi connectivity index (χ0n) is 20.5. The van der Waals surface area contributed by atoms with Gasteiger partial charge in [-0.1, -0.05) is 19.1 Å². The van der Waals surface area contributed by atoms with Gasteiger partial charge in [0.15, 0.2) is 5.82 Å². The number of aryl methyl sites for hydroxylation is 1. The maximum Gasteiger partial charge on any atom is 0.335 e. The molecule has 3 aromatic carbocycles. The van der Waals surface area contributed by atoms with Crippen LogP contribution >= 0.6 is 0 Å². The van der Waals surface area contributed by atoms with E-state index >= 15 is 4.39 Å². The van der Waals surface area contributed by atoms with Crippen molar-refractivity contribution < 1.29 is 28.5 Å². The van der Waals surface area contributed by atoms with E-state index in [-0.39, 0.29) is 29.5 Å². The summed E-state index contributed by atoms with van der Waals surface area (Å²) < 4.78 is 37.6. The number of fused-ring (bicyclic) bond motifs is 2. The molecule has 5 rings (SSSR count). The number of carboxylic acid groups (broad SMARTS) is 1. The largest absolute Gasteiger partial charge is 0.478 e. The number of rotatable bonds is 7. The van der Waals surface area contributed by atoms with Crippen LogP contribution in [0.2, 0.25) is 0 Å². The molecule has 0 bridgehead atoms. The zero-order chi connectivity index (χ0) is 26.5.